The van der Waals surface area contributed by atoms with Crippen molar-refractivity contribution in [3.05, 3.63) is 71.8 Å². The molecule has 0 saturated heterocycles. The van der Waals surface area contributed by atoms with Crippen LogP contribution >= 0.6 is 0 Å². The molecule has 0 aliphatic heterocycles. The van der Waals surface area contributed by atoms with Gasteiger partial charge < -0.3 is 14.8 Å². The van der Waals surface area contributed by atoms with Crippen molar-refractivity contribution in [1.82, 2.24) is 0 Å². The second kappa shape index (κ2) is 9.24. The molecule has 1 N–H and O–H groups in total. The van der Waals surface area contributed by atoms with Gasteiger partial charge in [0, 0.05) is 11.1 Å². The van der Waals surface area contributed by atoms with Crippen LogP contribution in [-0.2, 0) is 9.53 Å². The molecule has 3 aromatic rings. The normalized spacial score (nSPS) is 11.7. The number of carbonyl (C=O) groups is 2. The van der Waals surface area contributed by atoms with Crippen LogP contribution in [0, 0.1) is 6.92 Å². The molecule has 29 heavy (non-hydrogen) atoms. The summed E-state index contributed by atoms with van der Waals surface area (Å²) in [5.41, 5.74) is 1.82. The number of fused-ring (bicyclic) bond motifs is 1. The first-order chi connectivity index (χ1) is 14.0. The molecule has 5 nitrogen and oxygen atoms in total. The molecule has 3 aromatic carbocycles. The largest absolute Gasteiger partial charge is 0.480 e. The molecule has 0 radical (unpaired) electrons. The molecule has 150 valence electrons. The van der Waals surface area contributed by atoms with Crippen molar-refractivity contribution in [3.8, 4) is 5.75 Å². The van der Waals surface area contributed by atoms with E-state index in [9.17, 15) is 9.59 Å². The average molecular weight is 391 g/mol. The maximum atomic E-state index is 12.9. The van der Waals surface area contributed by atoms with Crippen LogP contribution < -0.4 is 10.1 Å². The minimum Gasteiger partial charge on any atom is -0.480 e. The highest BCUT2D eigenvalue weighted by atomic mass is 16.5. The lowest BCUT2D eigenvalue weighted by Crippen LogP contribution is -2.32. The number of anilines is 1. The number of esters is 1. The monoisotopic (exact) mass is 391 g/mol. The first kappa shape index (κ1) is 20.4. The van der Waals surface area contributed by atoms with Gasteiger partial charge in [-0.15, -0.1) is 0 Å². The summed E-state index contributed by atoms with van der Waals surface area (Å²) in [7, 11) is 0. The molecule has 1 amide bonds. The Kier molecular flexibility index (Phi) is 6.50. The van der Waals surface area contributed by atoms with Crippen molar-refractivity contribution in [2.45, 2.75) is 33.3 Å². The van der Waals surface area contributed by atoms with Gasteiger partial charge in [-0.25, -0.2) is 4.79 Å². The lowest BCUT2D eigenvalue weighted by Gasteiger charge is -2.19. The second-order valence-corrected chi connectivity index (χ2v) is 6.73. The highest BCUT2D eigenvalue weighted by Crippen LogP contribution is 2.27. The molecule has 0 aliphatic carbocycles. The zero-order valence-corrected chi connectivity index (χ0v) is 16.9. The Labute approximate surface area is 170 Å². The fourth-order valence-electron chi connectivity index (χ4n) is 3.09. The van der Waals surface area contributed by atoms with Crippen LogP contribution in [0.5, 0.6) is 5.75 Å². The molecule has 5 heteroatoms. The molecule has 1 atom stereocenters. The number of carbonyl (C=O) groups excluding carboxylic acids is 2. The van der Waals surface area contributed by atoms with Gasteiger partial charge in [-0.3, -0.25) is 4.79 Å². The molecule has 0 bridgehead atoms. The second-order valence-electron chi connectivity index (χ2n) is 6.73. The Morgan fingerprint density at radius 3 is 2.52 bits per heavy atom. The summed E-state index contributed by atoms with van der Waals surface area (Å²) in [6.07, 6.45) is -0.155. The number of amides is 1. The Balaban J connectivity index is 1.80. The number of hydrogen-bond acceptors (Lipinski definition) is 4. The van der Waals surface area contributed by atoms with Gasteiger partial charge in [-0.2, -0.15) is 0 Å². The lowest BCUT2D eigenvalue weighted by atomic mass is 10.1. The van der Waals surface area contributed by atoms with Gasteiger partial charge in [-0.05, 0) is 49.4 Å². The smallest absolute Gasteiger partial charge is 0.338 e. The fraction of sp³-hybridized carbons (Fsp3) is 0.250. The number of benzene rings is 3. The number of aryl methyl sites for hydroxylation is 1. The molecule has 0 spiro atoms. The Morgan fingerprint density at radius 1 is 1.00 bits per heavy atom. The van der Waals surface area contributed by atoms with E-state index in [1.807, 2.05) is 56.3 Å². The fourth-order valence-corrected chi connectivity index (χ4v) is 3.09. The van der Waals surface area contributed by atoms with Gasteiger partial charge in [-0.1, -0.05) is 49.4 Å². The highest BCUT2D eigenvalue weighted by Gasteiger charge is 2.21. The number of ether oxygens (including phenoxy) is 2. The van der Waals surface area contributed by atoms with E-state index in [4.69, 9.17) is 9.47 Å². The van der Waals surface area contributed by atoms with E-state index in [1.54, 1.807) is 25.1 Å². The first-order valence-corrected chi connectivity index (χ1v) is 9.76. The van der Waals surface area contributed by atoms with Crippen LogP contribution in [0.2, 0.25) is 0 Å². The number of nitrogens with one attached hydrogen (secondary N) is 1. The first-order valence-electron chi connectivity index (χ1n) is 9.76. The third kappa shape index (κ3) is 4.74. The van der Waals surface area contributed by atoms with Crippen molar-refractivity contribution in [1.29, 1.82) is 0 Å². The number of rotatable bonds is 7. The molecule has 0 saturated carbocycles. The molecule has 0 heterocycles. The SMILES string of the molecule is CCOC(=O)c1ccc(C)c(NC(=O)[C@H](CC)Oc2cccc3ccccc23)c1. The van der Waals surface area contributed by atoms with Crippen molar-refractivity contribution < 1.29 is 19.1 Å². The summed E-state index contributed by atoms with van der Waals surface area (Å²) in [5, 5.41) is 4.91. The Hall–Kier alpha value is -3.34. The van der Waals surface area contributed by atoms with Crippen LogP contribution in [0.4, 0.5) is 5.69 Å². The molecule has 0 aromatic heterocycles. The summed E-state index contributed by atoms with van der Waals surface area (Å²) >= 11 is 0. The topological polar surface area (TPSA) is 64.6 Å². The zero-order valence-electron chi connectivity index (χ0n) is 16.9. The third-order valence-electron chi connectivity index (χ3n) is 4.69. The lowest BCUT2D eigenvalue weighted by molar-refractivity contribution is -0.122. The van der Waals surface area contributed by atoms with Gasteiger partial charge in [0.05, 0.1) is 12.2 Å². The van der Waals surface area contributed by atoms with Crippen molar-refractivity contribution in [3.63, 3.8) is 0 Å². The van der Waals surface area contributed by atoms with Crippen molar-refractivity contribution in [2.24, 2.45) is 0 Å². The van der Waals surface area contributed by atoms with E-state index < -0.39 is 12.1 Å². The van der Waals surface area contributed by atoms with Crippen LogP contribution in [0.25, 0.3) is 10.8 Å². The molecule has 0 unspecified atom stereocenters. The maximum absolute atomic E-state index is 12.9. The Bertz CT molecular complexity index is 1020. The molecular formula is C24H25NO4. The van der Waals surface area contributed by atoms with E-state index in [-0.39, 0.29) is 5.91 Å². The van der Waals surface area contributed by atoms with Gasteiger partial charge in [0.1, 0.15) is 5.75 Å². The summed E-state index contributed by atoms with van der Waals surface area (Å²) in [6.45, 7) is 5.82. The maximum Gasteiger partial charge on any atom is 0.338 e. The Morgan fingerprint density at radius 2 is 1.76 bits per heavy atom. The van der Waals surface area contributed by atoms with Crippen LogP contribution in [0.3, 0.4) is 0 Å². The quantitative estimate of drug-likeness (QED) is 0.568. The number of hydrogen-bond donors (Lipinski definition) is 1. The zero-order chi connectivity index (χ0) is 20.8. The highest BCUT2D eigenvalue weighted by molar-refractivity contribution is 5.98. The predicted octanol–water partition coefficient (Wildman–Crippen LogP) is 5.12. The molecule has 0 fully saturated rings. The van der Waals surface area contributed by atoms with E-state index in [2.05, 4.69) is 5.32 Å². The minimum atomic E-state index is -0.661. The van der Waals surface area contributed by atoms with Crippen LogP contribution in [0.1, 0.15) is 36.2 Å². The van der Waals surface area contributed by atoms with E-state index in [0.717, 1.165) is 16.3 Å². The van der Waals surface area contributed by atoms with Crippen LogP contribution in [-0.4, -0.2) is 24.6 Å². The average Bonchev–Trinajstić information content (AvgIpc) is 2.73. The summed E-state index contributed by atoms with van der Waals surface area (Å²) < 4.78 is 11.1. The van der Waals surface area contributed by atoms with Crippen LogP contribution in [0.15, 0.2) is 60.7 Å². The molecule has 0 aliphatic rings. The van der Waals surface area contributed by atoms with Crippen molar-refractivity contribution in [2.75, 3.05) is 11.9 Å². The summed E-state index contributed by atoms with van der Waals surface area (Å²) in [5.74, 6) is -0.00585. The van der Waals surface area contributed by atoms with E-state index in [1.165, 1.54) is 0 Å². The van der Waals surface area contributed by atoms with Gasteiger partial charge in [0.15, 0.2) is 6.10 Å². The van der Waals surface area contributed by atoms with Gasteiger partial charge in [0.25, 0.3) is 5.91 Å². The van der Waals surface area contributed by atoms with Crippen molar-refractivity contribution >= 4 is 28.3 Å². The standard InChI is InChI=1S/C24H25NO4/c1-4-21(29-22-12-8-10-17-9-6-7-11-19(17)22)23(26)25-20-15-18(14-13-16(20)3)24(27)28-5-2/h6-15,21H,4-5H2,1-3H3,(H,25,26)/t21-/m0/s1. The minimum absolute atomic E-state index is 0.260. The molecular weight excluding hydrogens is 366 g/mol. The third-order valence-corrected chi connectivity index (χ3v) is 4.69. The summed E-state index contributed by atoms with van der Waals surface area (Å²) in [4.78, 5) is 24.9. The van der Waals surface area contributed by atoms with Gasteiger partial charge >= 0.3 is 5.97 Å². The summed E-state index contributed by atoms with van der Waals surface area (Å²) in [6, 6.07) is 18.8. The predicted molar refractivity (Wildman–Crippen MR) is 114 cm³/mol. The van der Waals surface area contributed by atoms with E-state index in [0.29, 0.717) is 30.0 Å². The van der Waals surface area contributed by atoms with Gasteiger partial charge in [0.2, 0.25) is 0 Å². The molecule has 3 rings (SSSR count). The van der Waals surface area contributed by atoms with E-state index >= 15 is 0 Å².